The van der Waals surface area contributed by atoms with Crippen molar-refractivity contribution in [2.24, 2.45) is 0 Å². The van der Waals surface area contributed by atoms with Gasteiger partial charge < -0.3 is 4.42 Å². The maximum absolute atomic E-state index is 12.8. The van der Waals surface area contributed by atoms with Gasteiger partial charge in [-0.1, -0.05) is 6.07 Å². The first kappa shape index (κ1) is 18.7. The number of nitrogens with zero attached hydrogens (tertiary/aromatic N) is 2. The van der Waals surface area contributed by atoms with E-state index in [0.29, 0.717) is 12.2 Å². The van der Waals surface area contributed by atoms with Gasteiger partial charge in [-0.05, 0) is 61.0 Å². The molecule has 1 saturated heterocycles. The molecule has 0 spiro atoms. The SMILES string of the molecule is Cc1ccc2nc(-c3ccc(N4C(=O)C[C@@H](NCc5ccco5)C4=O)cc3)sc2c1. The molecule has 1 aliphatic rings. The molecule has 2 aromatic carbocycles. The molecule has 0 bridgehead atoms. The molecule has 0 saturated carbocycles. The molecule has 6 nitrogen and oxygen atoms in total. The second-order valence-electron chi connectivity index (χ2n) is 7.32. The van der Waals surface area contributed by atoms with Crippen LogP contribution in [0.2, 0.25) is 0 Å². The number of rotatable bonds is 5. The number of aromatic nitrogens is 1. The van der Waals surface area contributed by atoms with Crippen molar-refractivity contribution in [3.8, 4) is 10.6 Å². The fourth-order valence-corrected chi connectivity index (χ4v) is 4.68. The average molecular weight is 417 g/mol. The van der Waals surface area contributed by atoms with Gasteiger partial charge in [-0.3, -0.25) is 14.9 Å². The molecule has 1 aliphatic heterocycles. The van der Waals surface area contributed by atoms with Crippen molar-refractivity contribution in [2.75, 3.05) is 4.90 Å². The van der Waals surface area contributed by atoms with Crippen LogP contribution in [0.15, 0.2) is 65.3 Å². The normalized spacial score (nSPS) is 16.7. The van der Waals surface area contributed by atoms with Crippen molar-refractivity contribution in [3.63, 3.8) is 0 Å². The van der Waals surface area contributed by atoms with E-state index in [-0.39, 0.29) is 18.2 Å². The number of fused-ring (bicyclic) bond motifs is 1. The van der Waals surface area contributed by atoms with E-state index in [4.69, 9.17) is 9.40 Å². The topological polar surface area (TPSA) is 75.4 Å². The van der Waals surface area contributed by atoms with E-state index in [1.807, 2.05) is 24.3 Å². The van der Waals surface area contributed by atoms with Gasteiger partial charge in [0.1, 0.15) is 10.8 Å². The minimum atomic E-state index is -0.547. The summed E-state index contributed by atoms with van der Waals surface area (Å²) in [6.45, 7) is 2.47. The highest BCUT2D eigenvalue weighted by Gasteiger charge is 2.39. The van der Waals surface area contributed by atoms with Crippen LogP contribution >= 0.6 is 11.3 Å². The van der Waals surface area contributed by atoms with E-state index in [2.05, 4.69) is 24.4 Å². The average Bonchev–Trinajstić information content (AvgIpc) is 3.46. The van der Waals surface area contributed by atoms with Crippen LogP contribution in [0.4, 0.5) is 5.69 Å². The van der Waals surface area contributed by atoms with E-state index >= 15 is 0 Å². The number of anilines is 1. The summed E-state index contributed by atoms with van der Waals surface area (Å²) < 4.78 is 6.42. The summed E-state index contributed by atoms with van der Waals surface area (Å²) in [5.41, 5.74) is 3.71. The molecule has 0 unspecified atom stereocenters. The number of amides is 2. The third-order valence-corrected chi connectivity index (χ3v) is 6.23. The van der Waals surface area contributed by atoms with E-state index in [9.17, 15) is 9.59 Å². The Bertz CT molecular complexity index is 1230. The molecule has 30 heavy (non-hydrogen) atoms. The highest BCUT2D eigenvalue weighted by molar-refractivity contribution is 7.21. The maximum Gasteiger partial charge on any atom is 0.251 e. The van der Waals surface area contributed by atoms with E-state index in [1.54, 1.807) is 35.8 Å². The van der Waals surface area contributed by atoms with E-state index in [1.165, 1.54) is 10.5 Å². The lowest BCUT2D eigenvalue weighted by molar-refractivity contribution is -0.121. The fourth-order valence-electron chi connectivity index (χ4n) is 3.61. The van der Waals surface area contributed by atoms with Gasteiger partial charge in [-0.15, -0.1) is 11.3 Å². The molecule has 1 fully saturated rings. The van der Waals surface area contributed by atoms with Gasteiger partial charge in [0.2, 0.25) is 5.91 Å². The van der Waals surface area contributed by atoms with Gasteiger partial charge in [0.05, 0.1) is 41.2 Å². The number of furan rings is 1. The number of benzene rings is 2. The predicted octanol–water partition coefficient (Wildman–Crippen LogP) is 4.29. The number of carbonyl (C=O) groups excluding carboxylic acids is 2. The highest BCUT2D eigenvalue weighted by Crippen LogP contribution is 2.32. The van der Waals surface area contributed by atoms with Crippen molar-refractivity contribution in [1.29, 1.82) is 0 Å². The quantitative estimate of drug-likeness (QED) is 0.491. The third-order valence-electron chi connectivity index (χ3n) is 5.17. The van der Waals surface area contributed by atoms with E-state index in [0.717, 1.165) is 26.5 Å². The van der Waals surface area contributed by atoms with Crippen LogP contribution in [0, 0.1) is 6.92 Å². The van der Waals surface area contributed by atoms with Crippen LogP contribution in [0.1, 0.15) is 17.7 Å². The van der Waals surface area contributed by atoms with Crippen molar-refractivity contribution in [1.82, 2.24) is 10.3 Å². The van der Waals surface area contributed by atoms with Gasteiger partial charge in [0.15, 0.2) is 0 Å². The first-order valence-electron chi connectivity index (χ1n) is 9.69. The standard InChI is InChI=1S/C23H19N3O3S/c1-14-4-9-18-20(11-14)30-22(25-18)15-5-7-16(8-6-15)26-21(27)12-19(23(26)28)24-13-17-3-2-10-29-17/h2-11,19,24H,12-13H2,1H3/t19-/m1/s1. The number of carbonyl (C=O) groups is 2. The minimum absolute atomic E-state index is 0.137. The second-order valence-corrected chi connectivity index (χ2v) is 8.35. The van der Waals surface area contributed by atoms with Gasteiger partial charge in [-0.25, -0.2) is 9.88 Å². The van der Waals surface area contributed by atoms with Crippen molar-refractivity contribution >= 4 is 39.1 Å². The number of imide groups is 1. The number of hydrogen-bond acceptors (Lipinski definition) is 6. The molecule has 0 radical (unpaired) electrons. The first-order chi connectivity index (χ1) is 14.6. The Morgan fingerprint density at radius 1 is 1.17 bits per heavy atom. The maximum atomic E-state index is 12.8. The van der Waals surface area contributed by atoms with Crippen molar-refractivity contribution < 1.29 is 14.0 Å². The lowest BCUT2D eigenvalue weighted by atomic mass is 10.2. The second kappa shape index (κ2) is 7.51. The Morgan fingerprint density at radius 2 is 2.00 bits per heavy atom. The molecule has 5 rings (SSSR count). The molecule has 2 amide bonds. The molecule has 4 aromatic rings. The summed E-state index contributed by atoms with van der Waals surface area (Å²) in [6.07, 6.45) is 1.72. The summed E-state index contributed by atoms with van der Waals surface area (Å²) in [6, 6.07) is 16.7. The van der Waals surface area contributed by atoms with Gasteiger partial charge in [0, 0.05) is 5.56 Å². The molecule has 0 aliphatic carbocycles. The zero-order valence-corrected chi connectivity index (χ0v) is 17.1. The van der Waals surface area contributed by atoms with Crippen LogP contribution < -0.4 is 10.2 Å². The molecule has 1 atom stereocenters. The van der Waals surface area contributed by atoms with Gasteiger partial charge in [-0.2, -0.15) is 0 Å². The summed E-state index contributed by atoms with van der Waals surface area (Å²) in [5, 5.41) is 4.02. The zero-order chi connectivity index (χ0) is 20.7. The predicted molar refractivity (Wildman–Crippen MR) is 116 cm³/mol. The van der Waals surface area contributed by atoms with Crippen LogP contribution in [0.3, 0.4) is 0 Å². The first-order valence-corrected chi connectivity index (χ1v) is 10.5. The zero-order valence-electron chi connectivity index (χ0n) is 16.3. The fraction of sp³-hybridized carbons (Fsp3) is 0.174. The lowest BCUT2D eigenvalue weighted by Crippen LogP contribution is -2.38. The minimum Gasteiger partial charge on any atom is -0.468 e. The molecule has 1 N–H and O–H groups in total. The Balaban J connectivity index is 1.34. The van der Waals surface area contributed by atoms with Crippen LogP contribution in [0.25, 0.3) is 20.8 Å². The monoisotopic (exact) mass is 417 g/mol. The molecular weight excluding hydrogens is 398 g/mol. The lowest BCUT2D eigenvalue weighted by Gasteiger charge is -2.15. The van der Waals surface area contributed by atoms with Gasteiger partial charge >= 0.3 is 0 Å². The number of hydrogen-bond donors (Lipinski definition) is 1. The molecule has 3 heterocycles. The summed E-state index contributed by atoms with van der Waals surface area (Å²) in [5.74, 6) is 0.277. The Hall–Kier alpha value is -3.29. The highest BCUT2D eigenvalue weighted by atomic mass is 32.1. The number of nitrogens with one attached hydrogen (secondary N) is 1. The largest absolute Gasteiger partial charge is 0.468 e. The molecular formula is C23H19N3O3S. The summed E-state index contributed by atoms with van der Waals surface area (Å²) >= 11 is 1.63. The van der Waals surface area contributed by atoms with Crippen molar-refractivity contribution in [3.05, 3.63) is 72.2 Å². The molecule has 150 valence electrons. The number of aryl methyl sites for hydroxylation is 1. The Morgan fingerprint density at radius 3 is 2.77 bits per heavy atom. The summed E-state index contributed by atoms with van der Waals surface area (Å²) in [4.78, 5) is 31.2. The smallest absolute Gasteiger partial charge is 0.251 e. The summed E-state index contributed by atoms with van der Waals surface area (Å²) in [7, 11) is 0. The van der Waals surface area contributed by atoms with E-state index < -0.39 is 6.04 Å². The van der Waals surface area contributed by atoms with Crippen LogP contribution in [-0.2, 0) is 16.1 Å². The Kier molecular flexibility index (Phi) is 4.69. The van der Waals surface area contributed by atoms with Crippen LogP contribution in [0.5, 0.6) is 0 Å². The molecule has 7 heteroatoms. The Labute approximate surface area is 177 Å². The third kappa shape index (κ3) is 3.42. The molecule has 2 aromatic heterocycles. The van der Waals surface area contributed by atoms with Crippen LogP contribution in [-0.4, -0.2) is 22.8 Å². The van der Waals surface area contributed by atoms with Gasteiger partial charge in [0.25, 0.3) is 5.91 Å². The number of thiazole rings is 1. The van der Waals surface area contributed by atoms with Crippen molar-refractivity contribution in [2.45, 2.75) is 25.9 Å².